The van der Waals surface area contributed by atoms with Crippen LogP contribution < -0.4 is 9.47 Å². The summed E-state index contributed by atoms with van der Waals surface area (Å²) < 4.78 is 18.1. The van der Waals surface area contributed by atoms with E-state index in [2.05, 4.69) is 27.6 Å². The molecule has 31 heavy (non-hydrogen) atoms. The van der Waals surface area contributed by atoms with Gasteiger partial charge >= 0.3 is 5.97 Å². The molecule has 0 aromatic heterocycles. The molecule has 0 radical (unpaired) electrons. The Morgan fingerprint density at radius 3 is 2.68 bits per heavy atom. The molecular weight excluding hydrogens is 505 g/mol. The molecule has 0 N–H and O–H groups in total. The largest absolute Gasteiger partial charge is 0.490 e. The molecule has 0 saturated heterocycles. The molecule has 3 aromatic rings. The van der Waals surface area contributed by atoms with Crippen LogP contribution in [0.3, 0.4) is 0 Å². The normalized spacial score (nSPS) is 14.8. The summed E-state index contributed by atoms with van der Waals surface area (Å²) in [4.78, 5) is 17.0. The Bertz CT molecular complexity index is 1210. The van der Waals surface area contributed by atoms with Crippen LogP contribution in [0.25, 0.3) is 16.8 Å². The summed E-state index contributed by atoms with van der Waals surface area (Å²) in [6.07, 6.45) is 1.74. The fraction of sp³-hybridized carbons (Fsp3) is 0.200. The number of cyclic esters (lactones) is 1. The number of hydrogen-bond acceptors (Lipinski definition) is 5. The summed E-state index contributed by atoms with van der Waals surface area (Å²) in [7, 11) is 0. The third-order valence-corrected chi connectivity index (χ3v) is 5.43. The average Bonchev–Trinajstić information content (AvgIpc) is 3.10. The quantitative estimate of drug-likeness (QED) is 0.225. The van der Waals surface area contributed by atoms with E-state index in [1.54, 1.807) is 6.08 Å². The van der Waals surface area contributed by atoms with Gasteiger partial charge in [-0.05, 0) is 84.0 Å². The van der Waals surface area contributed by atoms with Crippen molar-refractivity contribution in [2.75, 3.05) is 6.61 Å². The topological polar surface area (TPSA) is 57.1 Å². The minimum absolute atomic E-state index is 0.0228. The Kier molecular flexibility index (Phi) is 6.27. The second-order valence-electron chi connectivity index (χ2n) is 7.29. The number of carbonyl (C=O) groups excluding carboxylic acids is 1. The first-order chi connectivity index (χ1) is 15.0. The lowest BCUT2D eigenvalue weighted by Gasteiger charge is -2.16. The maximum Gasteiger partial charge on any atom is 0.363 e. The average molecular weight is 527 g/mol. The SMILES string of the molecule is CCOc1cc(/C=C2\N=C(c3cccc4ccccc34)OC2=O)cc(I)c1OC(C)C. The van der Waals surface area contributed by atoms with Crippen LogP contribution in [0.1, 0.15) is 31.9 Å². The molecule has 0 fully saturated rings. The zero-order chi connectivity index (χ0) is 22.0. The van der Waals surface area contributed by atoms with Gasteiger partial charge < -0.3 is 14.2 Å². The van der Waals surface area contributed by atoms with Crippen molar-refractivity contribution in [2.45, 2.75) is 26.9 Å². The number of carbonyl (C=O) groups is 1. The van der Waals surface area contributed by atoms with Gasteiger partial charge in [-0.25, -0.2) is 9.79 Å². The molecule has 158 valence electrons. The van der Waals surface area contributed by atoms with Crippen LogP contribution in [0, 0.1) is 3.57 Å². The van der Waals surface area contributed by atoms with Gasteiger partial charge in [0.2, 0.25) is 5.90 Å². The minimum Gasteiger partial charge on any atom is -0.490 e. The molecule has 0 bridgehead atoms. The Balaban J connectivity index is 1.73. The summed E-state index contributed by atoms with van der Waals surface area (Å²) in [5.74, 6) is 1.18. The van der Waals surface area contributed by atoms with Crippen molar-refractivity contribution in [3.8, 4) is 11.5 Å². The molecule has 0 unspecified atom stereocenters. The molecule has 3 aromatic carbocycles. The number of aliphatic imine (C=N–C) groups is 1. The smallest absolute Gasteiger partial charge is 0.363 e. The Morgan fingerprint density at radius 2 is 1.90 bits per heavy atom. The number of esters is 1. The van der Waals surface area contributed by atoms with E-state index in [4.69, 9.17) is 14.2 Å². The van der Waals surface area contributed by atoms with Gasteiger partial charge in [0.25, 0.3) is 0 Å². The standard InChI is InChI=1S/C25H22INO4/c1-4-29-22-14-16(12-20(26)23(22)30-15(2)3)13-21-25(28)31-24(27-21)19-11-7-9-17-8-5-6-10-18(17)19/h5-15H,4H2,1-3H3/b21-13-. The van der Waals surface area contributed by atoms with E-state index >= 15 is 0 Å². The third kappa shape index (κ3) is 4.58. The molecule has 6 heteroatoms. The van der Waals surface area contributed by atoms with Gasteiger partial charge in [-0.3, -0.25) is 0 Å². The highest BCUT2D eigenvalue weighted by molar-refractivity contribution is 14.1. The maximum atomic E-state index is 12.5. The van der Waals surface area contributed by atoms with E-state index in [1.807, 2.05) is 75.4 Å². The maximum absolute atomic E-state index is 12.5. The molecule has 5 nitrogen and oxygen atoms in total. The van der Waals surface area contributed by atoms with Crippen LogP contribution in [0.2, 0.25) is 0 Å². The molecule has 0 atom stereocenters. The lowest BCUT2D eigenvalue weighted by molar-refractivity contribution is -0.129. The van der Waals surface area contributed by atoms with Crippen LogP contribution in [-0.2, 0) is 9.53 Å². The van der Waals surface area contributed by atoms with E-state index in [0.29, 0.717) is 24.0 Å². The summed E-state index contributed by atoms with van der Waals surface area (Å²) in [6, 6.07) is 17.6. The second-order valence-corrected chi connectivity index (χ2v) is 8.45. The molecule has 4 rings (SSSR count). The Morgan fingerprint density at radius 1 is 1.13 bits per heavy atom. The lowest BCUT2D eigenvalue weighted by Crippen LogP contribution is -2.09. The predicted molar refractivity (Wildman–Crippen MR) is 131 cm³/mol. The van der Waals surface area contributed by atoms with E-state index in [9.17, 15) is 4.79 Å². The highest BCUT2D eigenvalue weighted by atomic mass is 127. The first-order valence-electron chi connectivity index (χ1n) is 10.1. The van der Waals surface area contributed by atoms with Crippen molar-refractivity contribution in [2.24, 2.45) is 4.99 Å². The van der Waals surface area contributed by atoms with Crippen molar-refractivity contribution in [3.63, 3.8) is 0 Å². The number of nitrogens with zero attached hydrogens (tertiary/aromatic N) is 1. The number of fused-ring (bicyclic) bond motifs is 1. The summed E-state index contributed by atoms with van der Waals surface area (Å²) in [5, 5.41) is 2.05. The van der Waals surface area contributed by atoms with Crippen molar-refractivity contribution in [1.29, 1.82) is 0 Å². The Hall–Kier alpha value is -2.87. The number of halogens is 1. The van der Waals surface area contributed by atoms with Crippen molar-refractivity contribution in [1.82, 2.24) is 0 Å². The first-order valence-corrected chi connectivity index (χ1v) is 11.2. The monoisotopic (exact) mass is 527 g/mol. The highest BCUT2D eigenvalue weighted by Gasteiger charge is 2.25. The van der Waals surface area contributed by atoms with Gasteiger partial charge in [0.15, 0.2) is 17.2 Å². The summed E-state index contributed by atoms with van der Waals surface area (Å²) in [6.45, 7) is 6.38. The zero-order valence-electron chi connectivity index (χ0n) is 17.5. The van der Waals surface area contributed by atoms with Crippen molar-refractivity contribution in [3.05, 3.63) is 75.0 Å². The number of hydrogen-bond donors (Lipinski definition) is 0. The Labute approximate surface area is 194 Å². The predicted octanol–water partition coefficient (Wildman–Crippen LogP) is 5.97. The van der Waals surface area contributed by atoms with Gasteiger partial charge in [0.05, 0.1) is 16.3 Å². The third-order valence-electron chi connectivity index (χ3n) is 4.63. The second kappa shape index (κ2) is 9.09. The molecule has 0 amide bonds. The molecule has 0 spiro atoms. The number of benzene rings is 3. The zero-order valence-corrected chi connectivity index (χ0v) is 19.7. The minimum atomic E-state index is -0.474. The van der Waals surface area contributed by atoms with Gasteiger partial charge in [-0.2, -0.15) is 0 Å². The first kappa shape index (κ1) is 21.4. The van der Waals surface area contributed by atoms with Crippen LogP contribution in [0.15, 0.2) is 65.3 Å². The van der Waals surface area contributed by atoms with Gasteiger partial charge in [0, 0.05) is 5.56 Å². The summed E-state index contributed by atoms with van der Waals surface area (Å²) in [5.41, 5.74) is 1.83. The molecular formula is C25H22INO4. The van der Waals surface area contributed by atoms with Crippen LogP contribution >= 0.6 is 22.6 Å². The van der Waals surface area contributed by atoms with Crippen LogP contribution in [0.4, 0.5) is 0 Å². The van der Waals surface area contributed by atoms with E-state index in [1.165, 1.54) is 0 Å². The van der Waals surface area contributed by atoms with Crippen molar-refractivity contribution >= 4 is 51.3 Å². The van der Waals surface area contributed by atoms with Crippen molar-refractivity contribution < 1.29 is 19.0 Å². The van der Waals surface area contributed by atoms with Gasteiger partial charge in [-0.1, -0.05) is 36.4 Å². The van der Waals surface area contributed by atoms with E-state index < -0.39 is 5.97 Å². The van der Waals surface area contributed by atoms with E-state index in [-0.39, 0.29) is 11.8 Å². The molecule has 1 aliphatic heterocycles. The number of ether oxygens (including phenoxy) is 3. The van der Waals surface area contributed by atoms with Gasteiger partial charge in [0.1, 0.15) is 0 Å². The molecule has 0 saturated carbocycles. The molecule has 0 aliphatic carbocycles. The fourth-order valence-electron chi connectivity index (χ4n) is 3.38. The highest BCUT2D eigenvalue weighted by Crippen LogP contribution is 2.36. The van der Waals surface area contributed by atoms with E-state index in [0.717, 1.165) is 25.5 Å². The number of rotatable bonds is 6. The van der Waals surface area contributed by atoms with Crippen LogP contribution in [0.5, 0.6) is 11.5 Å². The molecule has 1 aliphatic rings. The fourth-order valence-corrected chi connectivity index (χ4v) is 4.13. The lowest BCUT2D eigenvalue weighted by atomic mass is 10.0. The summed E-state index contributed by atoms with van der Waals surface area (Å²) >= 11 is 2.21. The van der Waals surface area contributed by atoms with Gasteiger partial charge in [-0.15, -0.1) is 0 Å². The molecule has 1 heterocycles. The van der Waals surface area contributed by atoms with Crippen LogP contribution in [-0.4, -0.2) is 24.6 Å².